The topological polar surface area (TPSA) is 78.0 Å². The number of nitrogens with zero attached hydrogens (tertiary/aromatic N) is 1. The van der Waals surface area contributed by atoms with E-state index in [4.69, 9.17) is 23.2 Å². The fourth-order valence-corrected chi connectivity index (χ4v) is 4.57. The molecule has 0 aliphatic rings. The van der Waals surface area contributed by atoms with E-state index in [9.17, 15) is 9.90 Å². The smallest absolute Gasteiger partial charge is 0.335 e. The van der Waals surface area contributed by atoms with E-state index in [0.29, 0.717) is 10.0 Å². The molecule has 0 aliphatic heterocycles. The third kappa shape index (κ3) is 5.93. The number of rotatable bonds is 10. The van der Waals surface area contributed by atoms with Crippen molar-refractivity contribution >= 4 is 40.1 Å². The number of fused-ring (bicyclic) bond motifs is 1. The predicted octanol–water partition coefficient (Wildman–Crippen LogP) is 6.39. The molecule has 0 bridgehead atoms. The van der Waals surface area contributed by atoms with E-state index in [1.54, 1.807) is 24.4 Å². The van der Waals surface area contributed by atoms with E-state index >= 15 is 0 Å². The van der Waals surface area contributed by atoms with Gasteiger partial charge in [0.05, 0.1) is 5.56 Å². The standard InChI is InChI=1S/C26H25Cl2N3O2/c27-20-12-19(13-21(28)15-20)25-22(23-14-18(26(32)33)6-7-24(23)31-25)8-11-29-9-2-1-4-17-5-3-10-30-16-17/h3,5-7,10,12-16,29,31H,1-2,4,8-9,11H2,(H,32,33). The molecule has 0 unspecified atom stereocenters. The zero-order chi connectivity index (χ0) is 23.2. The Balaban J connectivity index is 1.47. The van der Waals surface area contributed by atoms with Gasteiger partial charge in [0, 0.05) is 44.6 Å². The summed E-state index contributed by atoms with van der Waals surface area (Å²) >= 11 is 12.5. The van der Waals surface area contributed by atoms with Crippen LogP contribution in [-0.2, 0) is 12.8 Å². The summed E-state index contributed by atoms with van der Waals surface area (Å²) in [6.45, 7) is 1.69. The van der Waals surface area contributed by atoms with E-state index in [1.165, 1.54) is 5.56 Å². The normalized spacial score (nSPS) is 11.2. The number of aromatic carboxylic acids is 1. The van der Waals surface area contributed by atoms with Crippen LogP contribution in [0.2, 0.25) is 10.0 Å². The highest BCUT2D eigenvalue weighted by atomic mass is 35.5. The molecule has 0 radical (unpaired) electrons. The summed E-state index contributed by atoms with van der Waals surface area (Å²) in [5.74, 6) is -0.942. The lowest BCUT2D eigenvalue weighted by molar-refractivity contribution is 0.0697. The first kappa shape index (κ1) is 23.3. The van der Waals surface area contributed by atoms with Crippen LogP contribution in [-0.4, -0.2) is 34.1 Å². The number of unbranched alkanes of at least 4 members (excludes halogenated alkanes) is 1. The van der Waals surface area contributed by atoms with Crippen molar-refractivity contribution in [2.45, 2.75) is 25.7 Å². The van der Waals surface area contributed by atoms with Crippen molar-refractivity contribution in [3.63, 3.8) is 0 Å². The number of hydrogen-bond acceptors (Lipinski definition) is 3. The van der Waals surface area contributed by atoms with Crippen LogP contribution in [0, 0.1) is 0 Å². The summed E-state index contributed by atoms with van der Waals surface area (Å²) in [4.78, 5) is 19.1. The van der Waals surface area contributed by atoms with Crippen molar-refractivity contribution in [3.8, 4) is 11.3 Å². The number of carbonyl (C=O) groups is 1. The number of carboxylic acids is 1. The molecule has 0 amide bonds. The van der Waals surface area contributed by atoms with Crippen LogP contribution in [0.5, 0.6) is 0 Å². The molecule has 4 rings (SSSR count). The molecule has 2 heterocycles. The van der Waals surface area contributed by atoms with Crippen molar-refractivity contribution in [2.24, 2.45) is 0 Å². The van der Waals surface area contributed by atoms with Gasteiger partial charge in [-0.15, -0.1) is 0 Å². The first-order valence-electron chi connectivity index (χ1n) is 11.0. The fraction of sp³-hybridized carbons (Fsp3) is 0.231. The van der Waals surface area contributed by atoms with E-state index in [0.717, 1.165) is 66.5 Å². The van der Waals surface area contributed by atoms with Crippen LogP contribution in [0.15, 0.2) is 60.9 Å². The molecule has 170 valence electrons. The lowest BCUT2D eigenvalue weighted by Gasteiger charge is -2.09. The van der Waals surface area contributed by atoms with Crippen LogP contribution in [0.1, 0.15) is 34.3 Å². The summed E-state index contributed by atoms with van der Waals surface area (Å²) in [5.41, 5.74) is 5.26. The third-order valence-electron chi connectivity index (χ3n) is 5.65. The van der Waals surface area contributed by atoms with Crippen LogP contribution in [0.25, 0.3) is 22.2 Å². The first-order chi connectivity index (χ1) is 16.0. The molecule has 5 nitrogen and oxygen atoms in total. The Morgan fingerprint density at radius 1 is 1.00 bits per heavy atom. The first-order valence-corrected chi connectivity index (χ1v) is 11.7. The van der Waals surface area contributed by atoms with Gasteiger partial charge in [-0.05, 0) is 92.4 Å². The van der Waals surface area contributed by atoms with Crippen molar-refractivity contribution in [1.29, 1.82) is 0 Å². The molecule has 0 saturated carbocycles. The number of benzene rings is 2. The molecule has 2 aromatic heterocycles. The van der Waals surface area contributed by atoms with Gasteiger partial charge >= 0.3 is 5.97 Å². The maximum atomic E-state index is 11.5. The zero-order valence-corrected chi connectivity index (χ0v) is 19.6. The summed E-state index contributed by atoms with van der Waals surface area (Å²) < 4.78 is 0. The summed E-state index contributed by atoms with van der Waals surface area (Å²) in [6, 6.07) is 14.7. The van der Waals surface area contributed by atoms with Crippen LogP contribution in [0.3, 0.4) is 0 Å². The second-order valence-electron chi connectivity index (χ2n) is 8.02. The van der Waals surface area contributed by atoms with Crippen molar-refractivity contribution in [1.82, 2.24) is 15.3 Å². The van der Waals surface area contributed by atoms with Gasteiger partial charge < -0.3 is 15.4 Å². The Morgan fingerprint density at radius 3 is 2.55 bits per heavy atom. The molecular formula is C26H25Cl2N3O2. The number of halogens is 2. The van der Waals surface area contributed by atoms with Crippen LogP contribution >= 0.6 is 23.2 Å². The highest BCUT2D eigenvalue weighted by molar-refractivity contribution is 6.35. The molecule has 0 fully saturated rings. The van der Waals surface area contributed by atoms with E-state index in [1.807, 2.05) is 30.5 Å². The molecule has 0 spiro atoms. The molecule has 0 atom stereocenters. The maximum Gasteiger partial charge on any atom is 0.335 e. The maximum absolute atomic E-state index is 11.5. The second kappa shape index (κ2) is 10.8. The SMILES string of the molecule is O=C(O)c1ccc2[nH]c(-c3cc(Cl)cc(Cl)c3)c(CCNCCCCc3cccnc3)c2c1. The zero-order valence-electron chi connectivity index (χ0n) is 18.1. The number of aryl methyl sites for hydroxylation is 1. The Bertz CT molecular complexity index is 1240. The molecule has 33 heavy (non-hydrogen) atoms. The van der Waals surface area contributed by atoms with Gasteiger partial charge in [-0.25, -0.2) is 4.79 Å². The van der Waals surface area contributed by atoms with Gasteiger partial charge in [0.25, 0.3) is 0 Å². The van der Waals surface area contributed by atoms with Gasteiger partial charge in [0.1, 0.15) is 0 Å². The Morgan fingerprint density at radius 2 is 1.82 bits per heavy atom. The van der Waals surface area contributed by atoms with E-state index in [2.05, 4.69) is 21.4 Å². The van der Waals surface area contributed by atoms with Gasteiger partial charge in [-0.1, -0.05) is 29.3 Å². The van der Waals surface area contributed by atoms with E-state index < -0.39 is 5.97 Å². The predicted molar refractivity (Wildman–Crippen MR) is 134 cm³/mol. The van der Waals surface area contributed by atoms with E-state index in [-0.39, 0.29) is 5.56 Å². The number of aromatic amines is 1. The van der Waals surface area contributed by atoms with Gasteiger partial charge in [0.2, 0.25) is 0 Å². The Hall–Kier alpha value is -2.86. The largest absolute Gasteiger partial charge is 0.478 e. The molecule has 3 N–H and O–H groups in total. The molecule has 0 saturated heterocycles. The van der Waals surface area contributed by atoms with Gasteiger partial charge in [-0.2, -0.15) is 0 Å². The number of hydrogen-bond donors (Lipinski definition) is 3. The molecule has 0 aliphatic carbocycles. The molecule has 4 aromatic rings. The Kier molecular flexibility index (Phi) is 7.65. The second-order valence-corrected chi connectivity index (χ2v) is 8.89. The fourth-order valence-electron chi connectivity index (χ4n) is 4.05. The van der Waals surface area contributed by atoms with Crippen LogP contribution in [0.4, 0.5) is 0 Å². The molecule has 2 aromatic carbocycles. The third-order valence-corrected chi connectivity index (χ3v) is 6.08. The average molecular weight is 482 g/mol. The number of H-pyrrole nitrogens is 1. The monoisotopic (exact) mass is 481 g/mol. The van der Waals surface area contributed by atoms with Crippen molar-refractivity contribution in [2.75, 3.05) is 13.1 Å². The van der Waals surface area contributed by atoms with Gasteiger partial charge in [0.15, 0.2) is 0 Å². The van der Waals surface area contributed by atoms with Crippen LogP contribution < -0.4 is 5.32 Å². The number of nitrogens with one attached hydrogen (secondary N) is 2. The van der Waals surface area contributed by atoms with Gasteiger partial charge in [-0.3, -0.25) is 4.98 Å². The number of carboxylic acid groups (broad SMARTS) is 1. The lowest BCUT2D eigenvalue weighted by atomic mass is 10.0. The minimum absolute atomic E-state index is 0.266. The average Bonchev–Trinajstić information content (AvgIpc) is 3.16. The summed E-state index contributed by atoms with van der Waals surface area (Å²) in [6.07, 6.45) is 7.64. The minimum atomic E-state index is -0.942. The quantitative estimate of drug-likeness (QED) is 0.229. The van der Waals surface area contributed by atoms with Crippen molar-refractivity contribution < 1.29 is 9.90 Å². The summed E-state index contributed by atoms with van der Waals surface area (Å²) in [5, 5.41) is 15.0. The number of pyridine rings is 1. The summed E-state index contributed by atoms with van der Waals surface area (Å²) in [7, 11) is 0. The number of aromatic nitrogens is 2. The van der Waals surface area contributed by atoms with Crippen molar-refractivity contribution in [3.05, 3.63) is 87.7 Å². The minimum Gasteiger partial charge on any atom is -0.478 e. The molecular weight excluding hydrogens is 457 g/mol. The molecule has 7 heteroatoms. The Labute approximate surface area is 202 Å². The highest BCUT2D eigenvalue weighted by Gasteiger charge is 2.16. The highest BCUT2D eigenvalue weighted by Crippen LogP contribution is 2.34. The lowest BCUT2D eigenvalue weighted by Crippen LogP contribution is -2.18.